The van der Waals surface area contributed by atoms with Gasteiger partial charge >= 0.3 is 0 Å². The number of carbonyl (C=O) groups excluding carboxylic acids is 1. The predicted molar refractivity (Wildman–Crippen MR) is 95.2 cm³/mol. The Morgan fingerprint density at radius 1 is 1.35 bits per heavy atom. The predicted octanol–water partition coefficient (Wildman–Crippen LogP) is 2.40. The van der Waals surface area contributed by atoms with Crippen molar-refractivity contribution in [2.45, 2.75) is 44.7 Å². The summed E-state index contributed by atoms with van der Waals surface area (Å²) in [4.78, 5) is 13.2. The van der Waals surface area contributed by atoms with E-state index in [1.807, 2.05) is 13.8 Å². The Labute approximate surface area is 152 Å². The Hall–Kier alpha value is -2.19. The molecule has 0 spiro atoms. The SMILES string of the molecule is CCOC1CCS(=O)(=O)c2ccc(C(=O)c3cnn(CC)c3O)c(C)c21. The van der Waals surface area contributed by atoms with Gasteiger partial charge in [0.05, 0.1) is 22.9 Å². The quantitative estimate of drug-likeness (QED) is 0.802. The molecule has 0 bridgehead atoms. The Kier molecular flexibility index (Phi) is 4.90. The third kappa shape index (κ3) is 2.93. The molecule has 2 aromatic rings. The van der Waals surface area contributed by atoms with Gasteiger partial charge in [-0.1, -0.05) is 0 Å². The minimum atomic E-state index is -3.39. The van der Waals surface area contributed by atoms with E-state index in [1.165, 1.54) is 23.0 Å². The highest BCUT2D eigenvalue weighted by Gasteiger charge is 2.34. The molecule has 0 amide bonds. The number of hydrogen-bond donors (Lipinski definition) is 1. The van der Waals surface area contributed by atoms with Crippen LogP contribution in [0.1, 0.15) is 53.4 Å². The molecule has 1 aromatic heterocycles. The minimum Gasteiger partial charge on any atom is -0.493 e. The van der Waals surface area contributed by atoms with Crippen LogP contribution >= 0.6 is 0 Å². The van der Waals surface area contributed by atoms with Gasteiger partial charge in [0.15, 0.2) is 15.6 Å². The second-order valence-corrected chi connectivity index (χ2v) is 8.31. The highest BCUT2D eigenvalue weighted by atomic mass is 32.2. The third-order valence-corrected chi connectivity index (χ3v) is 6.55. The van der Waals surface area contributed by atoms with Gasteiger partial charge in [-0.15, -0.1) is 0 Å². The number of aryl methyl sites for hydroxylation is 1. The highest BCUT2D eigenvalue weighted by molar-refractivity contribution is 7.91. The van der Waals surface area contributed by atoms with Crippen LogP contribution in [-0.2, 0) is 21.1 Å². The van der Waals surface area contributed by atoms with Crippen LogP contribution in [0.25, 0.3) is 0 Å². The van der Waals surface area contributed by atoms with Gasteiger partial charge in [0.2, 0.25) is 5.88 Å². The van der Waals surface area contributed by atoms with Gasteiger partial charge in [0.1, 0.15) is 5.56 Å². The molecule has 1 aliphatic rings. The van der Waals surface area contributed by atoms with E-state index >= 15 is 0 Å². The molecule has 3 rings (SSSR count). The normalized spacial score (nSPS) is 18.5. The number of aromatic nitrogens is 2. The summed E-state index contributed by atoms with van der Waals surface area (Å²) >= 11 is 0. The van der Waals surface area contributed by atoms with Crippen LogP contribution in [-0.4, -0.2) is 41.4 Å². The van der Waals surface area contributed by atoms with E-state index in [-0.39, 0.29) is 34.0 Å². The molecule has 1 N–H and O–H groups in total. The summed E-state index contributed by atoms with van der Waals surface area (Å²) < 4.78 is 31.9. The van der Waals surface area contributed by atoms with E-state index in [2.05, 4.69) is 5.10 Å². The lowest BCUT2D eigenvalue weighted by Crippen LogP contribution is -2.24. The molecular formula is C18H22N2O5S. The Balaban J connectivity index is 2.14. The number of rotatable bonds is 5. The van der Waals surface area contributed by atoms with Gasteiger partial charge in [-0.3, -0.25) is 4.79 Å². The van der Waals surface area contributed by atoms with Gasteiger partial charge in [0.25, 0.3) is 0 Å². The maximum Gasteiger partial charge on any atom is 0.220 e. The van der Waals surface area contributed by atoms with E-state index in [1.54, 1.807) is 6.92 Å². The first-order chi connectivity index (χ1) is 12.3. The molecule has 8 heteroatoms. The molecule has 0 saturated heterocycles. The van der Waals surface area contributed by atoms with Crippen LogP contribution < -0.4 is 0 Å². The summed E-state index contributed by atoms with van der Waals surface area (Å²) in [5.41, 5.74) is 1.56. The topological polar surface area (TPSA) is 98.5 Å². The second kappa shape index (κ2) is 6.85. The van der Waals surface area contributed by atoms with E-state index in [0.717, 1.165) is 0 Å². The number of sulfone groups is 1. The average Bonchev–Trinajstić information content (AvgIpc) is 2.98. The lowest BCUT2D eigenvalue weighted by Gasteiger charge is -2.28. The van der Waals surface area contributed by atoms with E-state index in [0.29, 0.717) is 36.3 Å². The molecule has 1 unspecified atom stereocenters. The van der Waals surface area contributed by atoms with Crippen LogP contribution in [0.4, 0.5) is 0 Å². The van der Waals surface area contributed by atoms with Crippen LogP contribution in [0.3, 0.4) is 0 Å². The molecule has 2 heterocycles. The minimum absolute atomic E-state index is 0.0292. The Bertz CT molecular complexity index is 962. The van der Waals surface area contributed by atoms with Crippen LogP contribution in [0, 0.1) is 6.92 Å². The average molecular weight is 378 g/mol. The Morgan fingerprint density at radius 3 is 2.69 bits per heavy atom. The van der Waals surface area contributed by atoms with Crippen molar-refractivity contribution < 1.29 is 23.1 Å². The van der Waals surface area contributed by atoms with Gasteiger partial charge < -0.3 is 9.84 Å². The molecule has 1 atom stereocenters. The second-order valence-electron chi connectivity index (χ2n) is 6.23. The first-order valence-electron chi connectivity index (χ1n) is 8.59. The number of carbonyl (C=O) groups is 1. The van der Waals surface area contributed by atoms with Gasteiger partial charge in [0, 0.05) is 24.3 Å². The number of fused-ring (bicyclic) bond motifs is 1. The van der Waals surface area contributed by atoms with E-state index < -0.39 is 9.84 Å². The summed E-state index contributed by atoms with van der Waals surface area (Å²) in [5.74, 6) is -0.550. The molecule has 26 heavy (non-hydrogen) atoms. The van der Waals surface area contributed by atoms with Crippen molar-refractivity contribution in [3.63, 3.8) is 0 Å². The Morgan fingerprint density at radius 2 is 2.08 bits per heavy atom. The van der Waals surface area contributed by atoms with E-state index in [4.69, 9.17) is 4.74 Å². The van der Waals surface area contributed by atoms with Crippen LogP contribution in [0.15, 0.2) is 23.2 Å². The summed E-state index contributed by atoms with van der Waals surface area (Å²) in [6, 6.07) is 2.97. The molecular weight excluding hydrogens is 356 g/mol. The highest BCUT2D eigenvalue weighted by Crippen LogP contribution is 2.38. The fourth-order valence-electron chi connectivity index (χ4n) is 3.42. The maximum atomic E-state index is 12.9. The number of nitrogens with zero attached hydrogens (tertiary/aromatic N) is 2. The first-order valence-corrected chi connectivity index (χ1v) is 10.2. The van der Waals surface area contributed by atoms with Crippen LogP contribution in [0.5, 0.6) is 5.88 Å². The van der Waals surface area contributed by atoms with Crippen molar-refractivity contribution in [3.8, 4) is 5.88 Å². The molecule has 0 fully saturated rings. The number of benzene rings is 1. The van der Waals surface area contributed by atoms with Crippen molar-refractivity contribution >= 4 is 15.6 Å². The zero-order valence-corrected chi connectivity index (χ0v) is 15.8. The maximum absolute atomic E-state index is 12.9. The number of ether oxygens (including phenoxy) is 1. The fourth-order valence-corrected chi connectivity index (χ4v) is 5.06. The summed E-state index contributed by atoms with van der Waals surface area (Å²) in [6.45, 7) is 6.27. The van der Waals surface area contributed by atoms with Crippen molar-refractivity contribution in [1.82, 2.24) is 9.78 Å². The molecule has 1 aromatic carbocycles. The first kappa shape index (κ1) is 18.6. The standard InChI is InChI=1S/C18H22N2O5S/c1-4-20-18(22)13(10-19-20)17(21)12-6-7-15-16(11(12)3)14(25-5-2)8-9-26(15,23)24/h6-7,10,14,22H,4-5,8-9H2,1-3H3. The zero-order chi connectivity index (χ0) is 19.1. The van der Waals surface area contributed by atoms with Gasteiger partial charge in [-0.25, -0.2) is 13.1 Å². The molecule has 140 valence electrons. The lowest BCUT2D eigenvalue weighted by atomic mass is 9.93. The summed E-state index contributed by atoms with van der Waals surface area (Å²) in [7, 11) is -3.39. The van der Waals surface area contributed by atoms with Crippen molar-refractivity contribution in [3.05, 3.63) is 40.6 Å². The monoisotopic (exact) mass is 378 g/mol. The smallest absolute Gasteiger partial charge is 0.220 e. The number of ketones is 1. The summed E-state index contributed by atoms with van der Waals surface area (Å²) in [5, 5.41) is 14.2. The molecule has 0 radical (unpaired) electrons. The van der Waals surface area contributed by atoms with Gasteiger partial charge in [-0.05, 0) is 44.9 Å². The van der Waals surface area contributed by atoms with Crippen molar-refractivity contribution in [2.24, 2.45) is 0 Å². The zero-order valence-electron chi connectivity index (χ0n) is 15.0. The molecule has 0 aliphatic carbocycles. The fraction of sp³-hybridized carbons (Fsp3) is 0.444. The molecule has 7 nitrogen and oxygen atoms in total. The van der Waals surface area contributed by atoms with Crippen molar-refractivity contribution in [1.29, 1.82) is 0 Å². The van der Waals surface area contributed by atoms with Crippen molar-refractivity contribution in [2.75, 3.05) is 12.4 Å². The third-order valence-electron chi connectivity index (χ3n) is 4.75. The molecule has 1 aliphatic heterocycles. The largest absolute Gasteiger partial charge is 0.493 e. The number of hydrogen-bond acceptors (Lipinski definition) is 6. The van der Waals surface area contributed by atoms with Crippen LogP contribution in [0.2, 0.25) is 0 Å². The van der Waals surface area contributed by atoms with Gasteiger partial charge in [-0.2, -0.15) is 5.10 Å². The lowest BCUT2D eigenvalue weighted by molar-refractivity contribution is 0.0562. The summed E-state index contributed by atoms with van der Waals surface area (Å²) in [6.07, 6.45) is 1.33. The molecule has 0 saturated carbocycles. The van der Waals surface area contributed by atoms with E-state index in [9.17, 15) is 18.3 Å². The number of aromatic hydroxyl groups is 1.